The van der Waals surface area contributed by atoms with Crippen molar-refractivity contribution < 1.29 is 5.11 Å². The highest BCUT2D eigenvalue weighted by molar-refractivity contribution is 5.97. The number of benzene rings is 1. The van der Waals surface area contributed by atoms with Gasteiger partial charge >= 0.3 is 0 Å². The Kier molecular flexibility index (Phi) is 2.01. The zero-order chi connectivity index (χ0) is 12.9. The summed E-state index contributed by atoms with van der Waals surface area (Å²) in [5, 5.41) is 10.0. The maximum Gasteiger partial charge on any atom is 0.128 e. The molecular weight excluding hydrogens is 236 g/mol. The molecule has 2 aliphatic heterocycles. The van der Waals surface area contributed by atoms with Gasteiger partial charge in [0.25, 0.3) is 0 Å². The van der Waals surface area contributed by atoms with E-state index in [0.29, 0.717) is 5.76 Å². The van der Waals surface area contributed by atoms with Gasteiger partial charge in [-0.05, 0) is 23.8 Å². The molecule has 0 saturated heterocycles. The van der Waals surface area contributed by atoms with Crippen LogP contribution in [-0.4, -0.2) is 22.4 Å². The van der Waals surface area contributed by atoms with E-state index in [-0.39, 0.29) is 5.54 Å². The summed E-state index contributed by atoms with van der Waals surface area (Å²) in [6.45, 7) is 0.837. The number of nitrogens with zero attached hydrogens (tertiary/aromatic N) is 2. The molecule has 1 N–H and O–H groups in total. The van der Waals surface area contributed by atoms with Gasteiger partial charge in [-0.15, -0.1) is 0 Å². The van der Waals surface area contributed by atoms with Gasteiger partial charge in [0.15, 0.2) is 0 Å². The van der Waals surface area contributed by atoms with Crippen LogP contribution in [0.15, 0.2) is 59.8 Å². The van der Waals surface area contributed by atoms with E-state index in [1.165, 1.54) is 0 Å². The Balaban J connectivity index is 1.88. The third kappa shape index (κ3) is 1.41. The van der Waals surface area contributed by atoms with Crippen molar-refractivity contribution in [1.82, 2.24) is 4.90 Å². The van der Waals surface area contributed by atoms with E-state index in [4.69, 9.17) is 4.99 Å². The third-order valence-electron chi connectivity index (χ3n) is 4.01. The number of fused-ring (bicyclic) bond motifs is 3. The van der Waals surface area contributed by atoms with Crippen molar-refractivity contribution >= 4 is 11.6 Å². The maximum absolute atomic E-state index is 10.0. The molecule has 4 rings (SSSR count). The fourth-order valence-corrected chi connectivity index (χ4v) is 3.09. The van der Waals surface area contributed by atoms with E-state index in [1.54, 1.807) is 0 Å². The van der Waals surface area contributed by atoms with Crippen LogP contribution in [0, 0.1) is 0 Å². The molecule has 94 valence electrons. The van der Waals surface area contributed by atoms with E-state index in [0.717, 1.165) is 29.9 Å². The average molecular weight is 250 g/mol. The first-order valence-corrected chi connectivity index (χ1v) is 6.49. The van der Waals surface area contributed by atoms with Gasteiger partial charge < -0.3 is 10.0 Å². The molecule has 0 aromatic heterocycles. The molecule has 1 atom stereocenters. The van der Waals surface area contributed by atoms with Gasteiger partial charge in [0.1, 0.15) is 17.1 Å². The number of amidine groups is 1. The molecule has 1 unspecified atom stereocenters. The predicted molar refractivity (Wildman–Crippen MR) is 75.8 cm³/mol. The van der Waals surface area contributed by atoms with Gasteiger partial charge in [-0.1, -0.05) is 30.3 Å². The van der Waals surface area contributed by atoms with Gasteiger partial charge in [0.05, 0.1) is 6.54 Å². The lowest BCUT2D eigenvalue weighted by molar-refractivity contribution is 0.389. The zero-order valence-corrected chi connectivity index (χ0v) is 10.5. The molecule has 0 amide bonds. The first-order valence-electron chi connectivity index (χ1n) is 6.49. The lowest BCUT2D eigenvalue weighted by Gasteiger charge is -2.31. The first-order chi connectivity index (χ1) is 9.28. The van der Waals surface area contributed by atoms with Crippen LogP contribution in [0.1, 0.15) is 17.5 Å². The molecule has 19 heavy (non-hydrogen) atoms. The fraction of sp³-hybridized carbons (Fsp3) is 0.188. The van der Waals surface area contributed by atoms with Gasteiger partial charge in [-0.3, -0.25) is 4.99 Å². The Morgan fingerprint density at radius 1 is 1.21 bits per heavy atom. The van der Waals surface area contributed by atoms with Crippen molar-refractivity contribution in [3.63, 3.8) is 0 Å². The highest BCUT2D eigenvalue weighted by Gasteiger charge is 2.42. The van der Waals surface area contributed by atoms with Gasteiger partial charge in [0.2, 0.25) is 0 Å². The van der Waals surface area contributed by atoms with Crippen molar-refractivity contribution in [2.45, 2.75) is 12.0 Å². The molecule has 3 nitrogen and oxygen atoms in total. The second-order valence-electron chi connectivity index (χ2n) is 5.17. The van der Waals surface area contributed by atoms with E-state index < -0.39 is 0 Å². The Labute approximate surface area is 111 Å². The number of allylic oxidation sites excluding steroid dienone is 2. The quantitative estimate of drug-likeness (QED) is 0.768. The smallest absolute Gasteiger partial charge is 0.128 e. The maximum atomic E-state index is 10.0. The molecule has 0 saturated carbocycles. The summed E-state index contributed by atoms with van der Waals surface area (Å²) in [5.74, 6) is 1.38. The topological polar surface area (TPSA) is 35.8 Å². The minimum Gasteiger partial charge on any atom is -0.508 e. The van der Waals surface area contributed by atoms with Crippen LogP contribution >= 0.6 is 0 Å². The highest BCUT2D eigenvalue weighted by Crippen LogP contribution is 2.43. The van der Waals surface area contributed by atoms with Crippen LogP contribution < -0.4 is 0 Å². The lowest BCUT2D eigenvalue weighted by Crippen LogP contribution is -2.33. The zero-order valence-electron chi connectivity index (χ0n) is 10.5. The average Bonchev–Trinajstić information content (AvgIpc) is 2.83. The Morgan fingerprint density at radius 3 is 3.00 bits per heavy atom. The summed E-state index contributed by atoms with van der Waals surface area (Å²) in [7, 11) is 0. The number of hydrogen-bond donors (Lipinski definition) is 1. The second kappa shape index (κ2) is 3.60. The van der Waals surface area contributed by atoms with Gasteiger partial charge in [-0.2, -0.15) is 0 Å². The van der Waals surface area contributed by atoms with Crippen molar-refractivity contribution in [2.75, 3.05) is 6.54 Å². The number of aliphatic hydroxyl groups excluding tert-OH is 1. The van der Waals surface area contributed by atoms with Crippen LogP contribution in [-0.2, 0) is 5.54 Å². The van der Waals surface area contributed by atoms with E-state index in [1.807, 2.05) is 42.5 Å². The Morgan fingerprint density at radius 2 is 2.11 bits per heavy atom. The molecule has 1 aromatic carbocycles. The molecule has 1 aliphatic carbocycles. The largest absolute Gasteiger partial charge is 0.508 e. The SMILES string of the molecule is OC1=CCC2(CN3C=CC=CC3=N2)c2ccccc21. The van der Waals surface area contributed by atoms with Crippen LogP contribution in [0.3, 0.4) is 0 Å². The van der Waals surface area contributed by atoms with Crippen LogP contribution in [0.25, 0.3) is 5.76 Å². The normalized spacial score (nSPS) is 27.1. The highest BCUT2D eigenvalue weighted by atomic mass is 16.3. The summed E-state index contributed by atoms with van der Waals surface area (Å²) in [6.07, 6.45) is 10.8. The van der Waals surface area contributed by atoms with Crippen molar-refractivity contribution in [1.29, 1.82) is 0 Å². The minimum atomic E-state index is -0.253. The summed E-state index contributed by atoms with van der Waals surface area (Å²) in [4.78, 5) is 7.10. The van der Waals surface area contributed by atoms with Crippen LogP contribution in [0.5, 0.6) is 0 Å². The van der Waals surface area contributed by atoms with Gasteiger partial charge in [0, 0.05) is 18.2 Å². The minimum absolute atomic E-state index is 0.253. The summed E-state index contributed by atoms with van der Waals surface area (Å²) in [6, 6.07) is 8.01. The standard InChI is InChI=1S/C16H14N2O/c19-14-8-9-16(13-6-2-1-5-12(13)14)11-18-10-4-3-7-15(18)17-16/h1-8,10,19H,9,11H2. The first kappa shape index (κ1) is 10.6. The van der Waals surface area contributed by atoms with Crippen molar-refractivity contribution in [3.05, 3.63) is 65.9 Å². The van der Waals surface area contributed by atoms with E-state index in [2.05, 4.69) is 17.2 Å². The molecule has 1 aromatic rings. The fourth-order valence-electron chi connectivity index (χ4n) is 3.09. The number of hydrogen-bond acceptors (Lipinski definition) is 3. The van der Waals surface area contributed by atoms with Crippen LogP contribution in [0.4, 0.5) is 0 Å². The molecule has 0 radical (unpaired) electrons. The van der Waals surface area contributed by atoms with E-state index >= 15 is 0 Å². The summed E-state index contributed by atoms with van der Waals surface area (Å²) >= 11 is 0. The Hall–Kier alpha value is -2.29. The molecule has 3 aliphatic rings. The molecule has 0 bridgehead atoms. The Bertz CT molecular complexity index is 669. The summed E-state index contributed by atoms with van der Waals surface area (Å²) in [5.41, 5.74) is 1.78. The second-order valence-corrected chi connectivity index (χ2v) is 5.17. The molecular formula is C16H14N2O. The van der Waals surface area contributed by atoms with Gasteiger partial charge in [-0.25, -0.2) is 0 Å². The molecule has 3 heteroatoms. The summed E-state index contributed by atoms with van der Waals surface area (Å²) < 4.78 is 0. The predicted octanol–water partition coefficient (Wildman–Crippen LogP) is 2.98. The van der Waals surface area contributed by atoms with Crippen molar-refractivity contribution in [3.8, 4) is 0 Å². The molecule has 2 heterocycles. The monoisotopic (exact) mass is 250 g/mol. The van der Waals surface area contributed by atoms with Crippen LogP contribution in [0.2, 0.25) is 0 Å². The van der Waals surface area contributed by atoms with Crippen molar-refractivity contribution in [2.24, 2.45) is 4.99 Å². The molecule has 1 spiro atoms. The lowest BCUT2D eigenvalue weighted by atomic mass is 9.80. The third-order valence-corrected chi connectivity index (χ3v) is 4.01. The van der Waals surface area contributed by atoms with E-state index in [9.17, 15) is 5.11 Å². The number of rotatable bonds is 0. The number of aliphatic imine (C=N–C) groups is 1. The molecule has 0 fully saturated rings. The number of aliphatic hydroxyl groups is 1.